The van der Waals surface area contributed by atoms with Gasteiger partial charge in [-0.1, -0.05) is 30.3 Å². The van der Waals surface area contributed by atoms with Gasteiger partial charge in [0.1, 0.15) is 0 Å². The number of para-hydroxylation sites is 1. The second-order valence-electron chi connectivity index (χ2n) is 5.15. The fraction of sp³-hybridized carbons (Fsp3) is 0.111. The van der Waals surface area contributed by atoms with Crippen molar-refractivity contribution in [2.75, 3.05) is 13.2 Å². The van der Waals surface area contributed by atoms with Crippen molar-refractivity contribution in [3.05, 3.63) is 66.3 Å². The molecule has 3 rings (SSSR count). The summed E-state index contributed by atoms with van der Waals surface area (Å²) in [5.74, 6) is -0.742. The number of nitrogens with one attached hydrogen (secondary N) is 1. The van der Waals surface area contributed by atoms with E-state index >= 15 is 0 Å². The number of aromatic nitrogens is 3. The molecule has 1 amide bonds. The average Bonchev–Trinajstić information content (AvgIpc) is 3.34. The van der Waals surface area contributed by atoms with Crippen LogP contribution in [0.3, 0.4) is 0 Å². The van der Waals surface area contributed by atoms with E-state index in [4.69, 9.17) is 4.74 Å². The van der Waals surface area contributed by atoms with Gasteiger partial charge in [-0.2, -0.15) is 4.98 Å². The fourth-order valence-corrected chi connectivity index (χ4v) is 2.84. The third kappa shape index (κ3) is 4.04. The van der Waals surface area contributed by atoms with Crippen LogP contribution in [0, 0.1) is 0 Å². The van der Waals surface area contributed by atoms with E-state index in [1.807, 2.05) is 47.8 Å². The smallest absolute Gasteiger partial charge is 0.378 e. The first kappa shape index (κ1) is 17.6. The third-order valence-corrected chi connectivity index (χ3v) is 4.18. The van der Waals surface area contributed by atoms with Crippen LogP contribution in [0.4, 0.5) is 0 Å². The minimum Gasteiger partial charge on any atom is -0.450 e. The molecule has 0 saturated carbocycles. The summed E-state index contributed by atoms with van der Waals surface area (Å²) < 4.78 is 6.57. The van der Waals surface area contributed by atoms with Crippen LogP contribution >= 0.6 is 11.3 Å². The van der Waals surface area contributed by atoms with Gasteiger partial charge in [-0.05, 0) is 23.6 Å². The van der Waals surface area contributed by atoms with Crippen LogP contribution in [0.5, 0.6) is 0 Å². The molecule has 0 unspecified atom stereocenters. The molecule has 2 heterocycles. The summed E-state index contributed by atoms with van der Waals surface area (Å²) in [5, 5.41) is 8.71. The van der Waals surface area contributed by atoms with Crippen molar-refractivity contribution < 1.29 is 14.3 Å². The van der Waals surface area contributed by atoms with E-state index in [0.29, 0.717) is 12.4 Å². The molecule has 26 heavy (non-hydrogen) atoms. The molecule has 0 aliphatic rings. The van der Waals surface area contributed by atoms with E-state index in [0.717, 1.165) is 10.6 Å². The number of rotatable bonds is 7. The van der Waals surface area contributed by atoms with Gasteiger partial charge in [-0.3, -0.25) is 4.79 Å². The van der Waals surface area contributed by atoms with Crippen molar-refractivity contribution >= 4 is 23.2 Å². The van der Waals surface area contributed by atoms with Gasteiger partial charge in [-0.25, -0.2) is 9.48 Å². The van der Waals surface area contributed by atoms with E-state index in [1.165, 1.54) is 17.4 Å². The van der Waals surface area contributed by atoms with Gasteiger partial charge in [0.25, 0.3) is 11.7 Å². The Kier molecular flexibility index (Phi) is 5.55. The molecule has 0 saturated heterocycles. The van der Waals surface area contributed by atoms with E-state index in [-0.39, 0.29) is 5.82 Å². The number of nitrogens with zero attached hydrogens (tertiary/aromatic N) is 3. The number of esters is 1. The Hall–Kier alpha value is -3.26. The predicted octanol–water partition coefficient (Wildman–Crippen LogP) is 2.45. The Morgan fingerprint density at radius 2 is 2.04 bits per heavy atom. The zero-order chi connectivity index (χ0) is 18.4. The number of hydrogen-bond acceptors (Lipinski definition) is 6. The zero-order valence-electron chi connectivity index (χ0n) is 13.8. The molecule has 0 bridgehead atoms. The molecule has 132 valence electrons. The monoisotopic (exact) mass is 368 g/mol. The zero-order valence-corrected chi connectivity index (χ0v) is 14.6. The Labute approximate surface area is 153 Å². The van der Waals surface area contributed by atoms with Crippen molar-refractivity contribution in [2.45, 2.75) is 0 Å². The summed E-state index contributed by atoms with van der Waals surface area (Å²) >= 11 is 1.49. The summed E-state index contributed by atoms with van der Waals surface area (Å²) in [4.78, 5) is 28.9. The standard InChI is InChI=1S/C18H16N4O3S/c1-2-10-19-15(23)12-25-18(24)16-20-17(14-9-6-11-26-14)22(21-16)13-7-4-3-5-8-13/h2-9,11H,1,10,12H2,(H,19,23). The molecule has 8 heteroatoms. The third-order valence-electron chi connectivity index (χ3n) is 3.31. The van der Waals surface area contributed by atoms with Gasteiger partial charge < -0.3 is 10.1 Å². The highest BCUT2D eigenvalue weighted by atomic mass is 32.1. The van der Waals surface area contributed by atoms with Crippen LogP contribution in [0.1, 0.15) is 10.6 Å². The van der Waals surface area contributed by atoms with Crippen molar-refractivity contribution in [1.29, 1.82) is 0 Å². The highest BCUT2D eigenvalue weighted by Gasteiger charge is 2.21. The second kappa shape index (κ2) is 8.21. The summed E-state index contributed by atoms with van der Waals surface area (Å²) in [7, 11) is 0. The molecule has 0 aliphatic heterocycles. The molecule has 1 N–H and O–H groups in total. The Balaban J connectivity index is 1.83. The largest absolute Gasteiger partial charge is 0.450 e. The van der Waals surface area contributed by atoms with Crippen molar-refractivity contribution in [3.63, 3.8) is 0 Å². The summed E-state index contributed by atoms with van der Waals surface area (Å²) in [6.07, 6.45) is 1.54. The molecule has 0 spiro atoms. The lowest BCUT2D eigenvalue weighted by molar-refractivity contribution is -0.124. The van der Waals surface area contributed by atoms with Crippen LogP contribution in [0.15, 0.2) is 60.5 Å². The lowest BCUT2D eigenvalue weighted by atomic mass is 10.3. The quantitative estimate of drug-likeness (QED) is 0.511. The number of amides is 1. The summed E-state index contributed by atoms with van der Waals surface area (Å²) in [6, 6.07) is 13.2. The molecule has 0 radical (unpaired) electrons. The van der Waals surface area contributed by atoms with Gasteiger partial charge in [0.15, 0.2) is 12.4 Å². The van der Waals surface area contributed by atoms with Crippen LogP contribution < -0.4 is 5.32 Å². The maximum atomic E-state index is 12.2. The first-order valence-electron chi connectivity index (χ1n) is 7.80. The maximum Gasteiger partial charge on any atom is 0.378 e. The van der Waals surface area contributed by atoms with Crippen molar-refractivity contribution in [3.8, 4) is 16.4 Å². The highest BCUT2D eigenvalue weighted by Crippen LogP contribution is 2.25. The average molecular weight is 368 g/mol. The molecule has 7 nitrogen and oxygen atoms in total. The van der Waals surface area contributed by atoms with Crippen molar-refractivity contribution in [2.24, 2.45) is 0 Å². The van der Waals surface area contributed by atoms with Gasteiger partial charge in [0.05, 0.1) is 10.6 Å². The summed E-state index contributed by atoms with van der Waals surface area (Å²) in [6.45, 7) is 3.40. The number of hydrogen-bond donors (Lipinski definition) is 1. The van der Waals surface area contributed by atoms with E-state index < -0.39 is 18.5 Å². The molecule has 2 aromatic heterocycles. The molecule has 1 aromatic carbocycles. The maximum absolute atomic E-state index is 12.2. The number of benzene rings is 1. The van der Waals surface area contributed by atoms with E-state index in [2.05, 4.69) is 22.0 Å². The van der Waals surface area contributed by atoms with Gasteiger partial charge in [0.2, 0.25) is 0 Å². The van der Waals surface area contributed by atoms with Crippen molar-refractivity contribution in [1.82, 2.24) is 20.1 Å². The first-order valence-corrected chi connectivity index (χ1v) is 8.68. The minimum absolute atomic E-state index is 0.103. The Morgan fingerprint density at radius 1 is 1.23 bits per heavy atom. The van der Waals surface area contributed by atoms with E-state index in [9.17, 15) is 9.59 Å². The number of carbonyl (C=O) groups excluding carboxylic acids is 2. The minimum atomic E-state index is -0.758. The van der Waals surface area contributed by atoms with Gasteiger partial charge in [0, 0.05) is 6.54 Å². The molecule has 0 aliphatic carbocycles. The van der Waals surface area contributed by atoms with Gasteiger partial charge in [-0.15, -0.1) is 23.0 Å². The van der Waals surface area contributed by atoms with Gasteiger partial charge >= 0.3 is 5.97 Å². The number of ether oxygens (including phenoxy) is 1. The second-order valence-corrected chi connectivity index (χ2v) is 6.10. The van der Waals surface area contributed by atoms with Crippen LogP contribution in [-0.4, -0.2) is 39.8 Å². The Bertz CT molecular complexity index is 904. The van der Waals surface area contributed by atoms with E-state index in [1.54, 1.807) is 4.68 Å². The number of carbonyl (C=O) groups is 2. The van der Waals surface area contributed by atoms with Crippen LogP contribution in [-0.2, 0) is 9.53 Å². The predicted molar refractivity (Wildman–Crippen MR) is 98.2 cm³/mol. The molecule has 0 fully saturated rings. The molecule has 3 aromatic rings. The molecular weight excluding hydrogens is 352 g/mol. The van der Waals surface area contributed by atoms with Crippen LogP contribution in [0.2, 0.25) is 0 Å². The lowest BCUT2D eigenvalue weighted by Crippen LogP contribution is -2.29. The SMILES string of the molecule is C=CCNC(=O)COC(=O)c1nc(-c2cccs2)n(-c2ccccc2)n1. The fourth-order valence-electron chi connectivity index (χ4n) is 2.15. The molecule has 0 atom stereocenters. The Morgan fingerprint density at radius 3 is 2.73 bits per heavy atom. The number of thiophene rings is 1. The topological polar surface area (TPSA) is 86.1 Å². The molecular formula is C18H16N4O3S. The lowest BCUT2D eigenvalue weighted by Gasteiger charge is -2.03. The first-order chi connectivity index (χ1) is 12.7. The normalized spacial score (nSPS) is 10.3. The van der Waals surface area contributed by atoms with Crippen LogP contribution in [0.25, 0.3) is 16.4 Å². The highest BCUT2D eigenvalue weighted by molar-refractivity contribution is 7.13. The summed E-state index contributed by atoms with van der Waals surface area (Å²) in [5.41, 5.74) is 0.770.